The van der Waals surface area contributed by atoms with E-state index in [0.29, 0.717) is 22.7 Å². The van der Waals surface area contributed by atoms with E-state index < -0.39 is 0 Å². The Bertz CT molecular complexity index is 1080. The fourth-order valence-electron chi connectivity index (χ4n) is 2.77. The van der Waals surface area contributed by atoms with Crippen LogP contribution in [-0.4, -0.2) is 31.7 Å². The van der Waals surface area contributed by atoms with Gasteiger partial charge in [-0.05, 0) is 54.4 Å². The number of carbonyl (C=O) groups excluding carboxylic acids is 2. The highest BCUT2D eigenvalue weighted by Gasteiger charge is 2.10. The zero-order chi connectivity index (χ0) is 22.1. The summed E-state index contributed by atoms with van der Waals surface area (Å²) in [5.41, 5.74) is 3.56. The van der Waals surface area contributed by atoms with E-state index >= 15 is 0 Å². The largest absolute Gasteiger partial charge is 0.495 e. The Balaban J connectivity index is 1.50. The molecule has 7 heteroatoms. The second kappa shape index (κ2) is 10.6. The summed E-state index contributed by atoms with van der Waals surface area (Å²) >= 11 is 0. The maximum absolute atomic E-state index is 12.4. The van der Waals surface area contributed by atoms with Crippen LogP contribution >= 0.6 is 0 Å². The molecule has 0 spiro atoms. The molecule has 7 nitrogen and oxygen atoms in total. The first-order chi connectivity index (χ1) is 15.1. The predicted octanol–water partition coefficient (Wildman–Crippen LogP) is 4.25. The Labute approximate surface area is 180 Å². The summed E-state index contributed by atoms with van der Waals surface area (Å²) in [6.07, 6.45) is 1.57. The maximum atomic E-state index is 12.4. The van der Waals surface area contributed by atoms with Gasteiger partial charge in [-0.2, -0.15) is 0 Å². The van der Waals surface area contributed by atoms with Gasteiger partial charge >= 0.3 is 0 Å². The fraction of sp³-hybridized carbons (Fsp3) is 0.125. The molecule has 0 bridgehead atoms. The van der Waals surface area contributed by atoms with Crippen LogP contribution in [0.15, 0.2) is 78.0 Å². The Kier molecular flexibility index (Phi) is 7.37. The number of nitrogens with zero attached hydrogens (tertiary/aromatic N) is 1. The predicted molar refractivity (Wildman–Crippen MR) is 121 cm³/mol. The minimum Gasteiger partial charge on any atom is -0.495 e. The number of para-hydroxylation sites is 2. The van der Waals surface area contributed by atoms with Gasteiger partial charge in [0.1, 0.15) is 5.75 Å². The first kappa shape index (κ1) is 21.6. The molecule has 0 unspecified atom stereocenters. The molecule has 0 fully saturated rings. The van der Waals surface area contributed by atoms with Crippen molar-refractivity contribution in [2.24, 2.45) is 5.16 Å². The molecule has 3 rings (SSSR count). The molecular formula is C24H23N3O4. The molecule has 0 saturated carbocycles. The van der Waals surface area contributed by atoms with Crippen LogP contribution < -0.4 is 15.4 Å². The summed E-state index contributed by atoms with van der Waals surface area (Å²) in [5, 5.41) is 9.33. The van der Waals surface area contributed by atoms with Gasteiger partial charge in [-0.3, -0.25) is 9.59 Å². The van der Waals surface area contributed by atoms with E-state index in [0.717, 1.165) is 11.1 Å². The van der Waals surface area contributed by atoms with Crippen LogP contribution in [0.3, 0.4) is 0 Å². The number of methoxy groups -OCH3 is 1. The van der Waals surface area contributed by atoms with Gasteiger partial charge in [0.15, 0.2) is 6.61 Å². The first-order valence-electron chi connectivity index (χ1n) is 9.62. The van der Waals surface area contributed by atoms with Crippen LogP contribution in [0.25, 0.3) is 0 Å². The number of benzene rings is 3. The molecule has 3 aromatic carbocycles. The van der Waals surface area contributed by atoms with E-state index in [1.807, 2.05) is 43.3 Å². The van der Waals surface area contributed by atoms with Gasteiger partial charge in [-0.25, -0.2) is 0 Å². The standard InChI is InChI=1S/C24H23N3O4/c1-17-7-3-4-8-19(17)15-25-31-16-23(28)26-20-13-11-18(12-14-20)24(29)27-21-9-5-6-10-22(21)30-2/h3-15H,16H2,1-2H3,(H,26,28)(H,27,29)/b25-15-. The summed E-state index contributed by atoms with van der Waals surface area (Å²) < 4.78 is 5.23. The van der Waals surface area contributed by atoms with Gasteiger partial charge in [-0.15, -0.1) is 0 Å². The SMILES string of the molecule is COc1ccccc1NC(=O)c1ccc(NC(=O)CO/N=C\c2ccccc2C)cc1. The van der Waals surface area contributed by atoms with E-state index in [4.69, 9.17) is 9.57 Å². The number of amides is 2. The highest BCUT2D eigenvalue weighted by molar-refractivity contribution is 6.05. The molecule has 2 N–H and O–H groups in total. The topological polar surface area (TPSA) is 89.0 Å². The smallest absolute Gasteiger partial charge is 0.265 e. The van der Waals surface area contributed by atoms with Crippen molar-refractivity contribution in [3.8, 4) is 5.75 Å². The van der Waals surface area contributed by atoms with Gasteiger partial charge in [0.05, 0.1) is 19.0 Å². The average Bonchev–Trinajstić information content (AvgIpc) is 2.78. The van der Waals surface area contributed by atoms with E-state index in [2.05, 4.69) is 15.8 Å². The maximum Gasteiger partial charge on any atom is 0.265 e. The van der Waals surface area contributed by atoms with Crippen LogP contribution in [-0.2, 0) is 9.63 Å². The number of oxime groups is 1. The first-order valence-corrected chi connectivity index (χ1v) is 9.62. The summed E-state index contributed by atoms with van der Waals surface area (Å²) in [6.45, 7) is 1.74. The van der Waals surface area contributed by atoms with Crippen LogP contribution in [0.5, 0.6) is 5.75 Å². The Morgan fingerprint density at radius 2 is 1.65 bits per heavy atom. The number of rotatable bonds is 8. The monoisotopic (exact) mass is 417 g/mol. The van der Waals surface area contributed by atoms with Crippen molar-refractivity contribution in [3.63, 3.8) is 0 Å². The molecule has 2 amide bonds. The number of hydrogen-bond acceptors (Lipinski definition) is 5. The van der Waals surface area contributed by atoms with Gasteiger partial charge < -0.3 is 20.2 Å². The Morgan fingerprint density at radius 3 is 2.39 bits per heavy atom. The lowest BCUT2D eigenvalue weighted by Gasteiger charge is -2.10. The zero-order valence-electron chi connectivity index (χ0n) is 17.3. The van der Waals surface area contributed by atoms with Crippen molar-refractivity contribution in [3.05, 3.63) is 89.5 Å². The molecule has 0 aromatic heterocycles. The normalized spacial score (nSPS) is 10.5. The van der Waals surface area contributed by atoms with Crippen molar-refractivity contribution in [2.45, 2.75) is 6.92 Å². The highest BCUT2D eigenvalue weighted by Crippen LogP contribution is 2.23. The van der Waals surface area contributed by atoms with Gasteiger partial charge in [0.25, 0.3) is 11.8 Å². The van der Waals surface area contributed by atoms with Crippen molar-refractivity contribution in [1.29, 1.82) is 0 Å². The van der Waals surface area contributed by atoms with Crippen LogP contribution in [0.1, 0.15) is 21.5 Å². The third kappa shape index (κ3) is 6.17. The minimum atomic E-state index is -0.354. The lowest BCUT2D eigenvalue weighted by Crippen LogP contribution is -2.17. The number of carbonyl (C=O) groups is 2. The molecule has 0 aliphatic carbocycles. The number of nitrogens with one attached hydrogen (secondary N) is 2. The summed E-state index contributed by atoms with van der Waals surface area (Å²) in [7, 11) is 1.54. The van der Waals surface area contributed by atoms with E-state index in [-0.39, 0.29) is 18.4 Å². The number of hydrogen-bond donors (Lipinski definition) is 2. The number of ether oxygens (including phenoxy) is 1. The lowest BCUT2D eigenvalue weighted by molar-refractivity contribution is -0.120. The van der Waals surface area contributed by atoms with Crippen LogP contribution in [0.2, 0.25) is 0 Å². The number of anilines is 2. The van der Waals surface area contributed by atoms with Gasteiger partial charge in [-0.1, -0.05) is 41.6 Å². The third-order valence-electron chi connectivity index (χ3n) is 4.44. The van der Waals surface area contributed by atoms with Gasteiger partial charge in [0, 0.05) is 11.3 Å². The molecular weight excluding hydrogens is 394 g/mol. The zero-order valence-corrected chi connectivity index (χ0v) is 17.3. The molecule has 0 aliphatic heterocycles. The second-order valence-electron chi connectivity index (χ2n) is 6.64. The molecule has 31 heavy (non-hydrogen) atoms. The van der Waals surface area contributed by atoms with E-state index in [1.54, 1.807) is 49.7 Å². The minimum absolute atomic E-state index is 0.224. The summed E-state index contributed by atoms with van der Waals surface area (Å²) in [4.78, 5) is 29.5. The Hall–Kier alpha value is -4.13. The fourth-order valence-corrected chi connectivity index (χ4v) is 2.77. The second-order valence-corrected chi connectivity index (χ2v) is 6.64. The summed E-state index contributed by atoms with van der Waals surface area (Å²) in [6, 6.07) is 21.4. The molecule has 0 atom stereocenters. The molecule has 3 aromatic rings. The van der Waals surface area contributed by atoms with Crippen molar-refractivity contribution < 1.29 is 19.2 Å². The van der Waals surface area contributed by atoms with E-state index in [9.17, 15) is 9.59 Å². The van der Waals surface area contributed by atoms with Crippen LogP contribution in [0.4, 0.5) is 11.4 Å². The molecule has 0 saturated heterocycles. The Morgan fingerprint density at radius 1 is 0.935 bits per heavy atom. The molecule has 0 heterocycles. The molecule has 158 valence electrons. The molecule has 0 radical (unpaired) electrons. The highest BCUT2D eigenvalue weighted by atomic mass is 16.6. The summed E-state index contributed by atoms with van der Waals surface area (Å²) in [5.74, 6) is -0.0609. The van der Waals surface area contributed by atoms with Crippen molar-refractivity contribution in [2.75, 3.05) is 24.4 Å². The van der Waals surface area contributed by atoms with Crippen molar-refractivity contribution >= 4 is 29.4 Å². The quantitative estimate of drug-likeness (QED) is 0.424. The number of aryl methyl sites for hydroxylation is 1. The molecule has 0 aliphatic rings. The average molecular weight is 417 g/mol. The lowest BCUT2D eigenvalue weighted by atomic mass is 10.1. The van der Waals surface area contributed by atoms with Crippen LogP contribution in [0, 0.1) is 6.92 Å². The van der Waals surface area contributed by atoms with Gasteiger partial charge in [0.2, 0.25) is 0 Å². The van der Waals surface area contributed by atoms with Crippen molar-refractivity contribution in [1.82, 2.24) is 0 Å². The van der Waals surface area contributed by atoms with E-state index in [1.165, 1.54) is 0 Å². The third-order valence-corrected chi connectivity index (χ3v) is 4.44.